The Balaban J connectivity index is 1.84. The molecule has 1 saturated heterocycles. The molecule has 2 saturated carbocycles. The molecule has 0 aromatic carbocycles. The van der Waals surface area contributed by atoms with Gasteiger partial charge in [0.1, 0.15) is 0 Å². The third-order valence-corrected chi connectivity index (χ3v) is 5.83. The molecule has 0 amide bonds. The maximum absolute atomic E-state index is 6.08. The average Bonchev–Trinajstić information content (AvgIpc) is 2.42. The van der Waals surface area contributed by atoms with Gasteiger partial charge in [-0.05, 0) is 38.5 Å². The van der Waals surface area contributed by atoms with Gasteiger partial charge in [-0.15, -0.1) is 0 Å². The van der Waals surface area contributed by atoms with Crippen LogP contribution in [0.25, 0.3) is 0 Å². The topological polar surface area (TPSA) is 18.5 Å². The van der Waals surface area contributed by atoms with E-state index < -0.39 is 0 Å². The second kappa shape index (κ2) is 5.50. The third kappa shape index (κ3) is 2.22. The lowest BCUT2D eigenvalue weighted by atomic mass is 9.50. The van der Waals surface area contributed by atoms with Crippen molar-refractivity contribution in [2.45, 2.75) is 64.2 Å². The molecule has 0 bridgehead atoms. The van der Waals surface area contributed by atoms with E-state index in [0.717, 1.165) is 26.4 Å². The molecule has 0 atom stereocenters. The molecule has 2 nitrogen and oxygen atoms in total. The highest BCUT2D eigenvalue weighted by Gasteiger charge is 2.53. The Morgan fingerprint density at radius 1 is 0.500 bits per heavy atom. The molecule has 1 aliphatic heterocycles. The molecule has 0 spiro atoms. The first kappa shape index (κ1) is 12.9. The second-order valence-electron chi connectivity index (χ2n) is 6.79. The first-order valence-electron chi connectivity index (χ1n) is 8.03. The van der Waals surface area contributed by atoms with Gasteiger partial charge >= 0.3 is 0 Å². The normalized spacial score (nSPS) is 42.7. The monoisotopic (exact) mass is 252 g/mol. The minimum Gasteiger partial charge on any atom is -0.381 e. The van der Waals surface area contributed by atoms with Crippen molar-refractivity contribution in [2.75, 3.05) is 26.4 Å². The molecule has 0 unspecified atom stereocenters. The molecule has 0 aromatic heterocycles. The van der Waals surface area contributed by atoms with Gasteiger partial charge in [0.2, 0.25) is 0 Å². The van der Waals surface area contributed by atoms with Gasteiger partial charge in [-0.1, -0.05) is 25.7 Å². The van der Waals surface area contributed by atoms with E-state index in [2.05, 4.69) is 0 Å². The molecule has 18 heavy (non-hydrogen) atoms. The summed E-state index contributed by atoms with van der Waals surface area (Å²) in [5, 5.41) is 0. The quantitative estimate of drug-likeness (QED) is 0.650. The fraction of sp³-hybridized carbons (Fsp3) is 1.00. The zero-order chi connectivity index (χ0) is 12.3. The summed E-state index contributed by atoms with van der Waals surface area (Å²) in [5.41, 5.74) is 0.918. The van der Waals surface area contributed by atoms with Crippen LogP contribution in [-0.4, -0.2) is 26.4 Å². The first-order valence-corrected chi connectivity index (χ1v) is 8.03. The Labute approximate surface area is 111 Å². The Bertz CT molecular complexity index is 234. The summed E-state index contributed by atoms with van der Waals surface area (Å²) in [4.78, 5) is 0. The van der Waals surface area contributed by atoms with Crippen molar-refractivity contribution in [3.8, 4) is 0 Å². The highest BCUT2D eigenvalue weighted by molar-refractivity contribution is 5.03. The predicted molar refractivity (Wildman–Crippen MR) is 72.7 cm³/mol. The molecule has 2 heteroatoms. The van der Waals surface area contributed by atoms with Crippen molar-refractivity contribution in [1.82, 2.24) is 0 Å². The number of hydrogen-bond donors (Lipinski definition) is 0. The summed E-state index contributed by atoms with van der Waals surface area (Å²) in [5.74, 6) is 0. The van der Waals surface area contributed by atoms with Crippen LogP contribution in [-0.2, 0) is 9.47 Å². The van der Waals surface area contributed by atoms with E-state index in [-0.39, 0.29) is 0 Å². The van der Waals surface area contributed by atoms with Crippen molar-refractivity contribution in [3.63, 3.8) is 0 Å². The van der Waals surface area contributed by atoms with Gasteiger partial charge in [0.05, 0.1) is 13.2 Å². The molecule has 104 valence electrons. The minimum absolute atomic E-state index is 0.459. The molecule has 3 aliphatic rings. The summed E-state index contributed by atoms with van der Waals surface area (Å²) in [6, 6.07) is 0. The van der Waals surface area contributed by atoms with Crippen LogP contribution < -0.4 is 0 Å². The van der Waals surface area contributed by atoms with Crippen LogP contribution in [0.3, 0.4) is 0 Å². The van der Waals surface area contributed by atoms with Gasteiger partial charge in [-0.2, -0.15) is 0 Å². The van der Waals surface area contributed by atoms with Crippen molar-refractivity contribution >= 4 is 0 Å². The predicted octanol–water partition coefficient (Wildman–Crippen LogP) is 3.93. The number of hydrogen-bond acceptors (Lipinski definition) is 2. The van der Waals surface area contributed by atoms with Gasteiger partial charge in [0, 0.05) is 24.0 Å². The third-order valence-electron chi connectivity index (χ3n) is 5.83. The molecule has 1 heterocycles. The van der Waals surface area contributed by atoms with E-state index >= 15 is 0 Å². The van der Waals surface area contributed by atoms with Crippen molar-refractivity contribution in [2.24, 2.45) is 10.8 Å². The van der Waals surface area contributed by atoms with Gasteiger partial charge < -0.3 is 9.47 Å². The maximum atomic E-state index is 6.08. The number of ether oxygens (including phenoxy) is 2. The maximum Gasteiger partial charge on any atom is 0.0528 e. The second-order valence-corrected chi connectivity index (χ2v) is 6.79. The molecule has 2 aliphatic carbocycles. The van der Waals surface area contributed by atoms with E-state index in [9.17, 15) is 0 Å². The molecule has 0 N–H and O–H groups in total. The largest absolute Gasteiger partial charge is 0.381 e. The average molecular weight is 252 g/mol. The van der Waals surface area contributed by atoms with Crippen molar-refractivity contribution < 1.29 is 9.47 Å². The standard InChI is InChI=1S/C16H28O2/c1-2-8-16-10-4-3-9-15(16,7-1)13-17-11-5-6-12-18-14-16/h1-14H2. The van der Waals surface area contributed by atoms with Crippen LogP contribution in [0.4, 0.5) is 0 Å². The summed E-state index contributed by atoms with van der Waals surface area (Å²) >= 11 is 0. The van der Waals surface area contributed by atoms with Crippen molar-refractivity contribution in [3.05, 3.63) is 0 Å². The lowest BCUT2D eigenvalue weighted by Gasteiger charge is -2.57. The highest BCUT2D eigenvalue weighted by atomic mass is 16.5. The fourth-order valence-electron chi connectivity index (χ4n) is 4.70. The molecular formula is C16H28O2. The Hall–Kier alpha value is -0.0800. The Morgan fingerprint density at radius 3 is 1.28 bits per heavy atom. The van der Waals surface area contributed by atoms with E-state index in [1.165, 1.54) is 64.2 Å². The van der Waals surface area contributed by atoms with Crippen LogP contribution in [0.1, 0.15) is 64.2 Å². The Kier molecular flexibility index (Phi) is 3.95. The zero-order valence-electron chi connectivity index (χ0n) is 11.7. The first-order chi connectivity index (χ1) is 8.87. The Morgan fingerprint density at radius 2 is 0.889 bits per heavy atom. The minimum atomic E-state index is 0.459. The summed E-state index contributed by atoms with van der Waals surface area (Å²) in [6.45, 7) is 3.91. The van der Waals surface area contributed by atoms with Gasteiger partial charge in [0.25, 0.3) is 0 Å². The summed E-state index contributed by atoms with van der Waals surface area (Å²) < 4.78 is 12.2. The lowest BCUT2D eigenvalue weighted by molar-refractivity contribution is -0.148. The molecule has 3 fully saturated rings. The van der Waals surface area contributed by atoms with Gasteiger partial charge in [-0.3, -0.25) is 0 Å². The van der Waals surface area contributed by atoms with E-state index in [1.54, 1.807) is 0 Å². The SMILES string of the molecule is C1CCOCC23CCCCC2(CCCC3)COC1. The van der Waals surface area contributed by atoms with E-state index in [0.29, 0.717) is 10.8 Å². The molecular weight excluding hydrogens is 224 g/mol. The van der Waals surface area contributed by atoms with E-state index in [1.807, 2.05) is 0 Å². The van der Waals surface area contributed by atoms with E-state index in [4.69, 9.17) is 9.47 Å². The van der Waals surface area contributed by atoms with Crippen LogP contribution in [0, 0.1) is 10.8 Å². The smallest absolute Gasteiger partial charge is 0.0528 e. The van der Waals surface area contributed by atoms with Crippen LogP contribution in [0.2, 0.25) is 0 Å². The fourth-order valence-corrected chi connectivity index (χ4v) is 4.70. The van der Waals surface area contributed by atoms with Crippen LogP contribution in [0.15, 0.2) is 0 Å². The van der Waals surface area contributed by atoms with Crippen LogP contribution in [0.5, 0.6) is 0 Å². The van der Waals surface area contributed by atoms with Gasteiger partial charge in [0.15, 0.2) is 0 Å². The zero-order valence-corrected chi connectivity index (χ0v) is 11.7. The van der Waals surface area contributed by atoms with Gasteiger partial charge in [-0.25, -0.2) is 0 Å². The van der Waals surface area contributed by atoms with Crippen LogP contribution >= 0.6 is 0 Å². The summed E-state index contributed by atoms with van der Waals surface area (Å²) in [6.07, 6.45) is 13.5. The lowest BCUT2D eigenvalue weighted by Crippen LogP contribution is -2.52. The number of rotatable bonds is 0. The molecule has 0 aromatic rings. The summed E-state index contributed by atoms with van der Waals surface area (Å²) in [7, 11) is 0. The molecule has 3 rings (SSSR count). The highest BCUT2D eigenvalue weighted by Crippen LogP contribution is 2.59. The van der Waals surface area contributed by atoms with Crippen molar-refractivity contribution in [1.29, 1.82) is 0 Å². The molecule has 0 radical (unpaired) electrons.